The first-order chi connectivity index (χ1) is 18.5. The van der Waals surface area contributed by atoms with Crippen LogP contribution < -0.4 is 19.7 Å². The number of ether oxygens (including phenoxy) is 2. The minimum Gasteiger partial charge on any atom is -0.479 e. The molecule has 1 saturated carbocycles. The molecule has 2 atom stereocenters. The van der Waals surface area contributed by atoms with E-state index < -0.39 is 12.1 Å². The Hall–Kier alpha value is -3.07. The van der Waals surface area contributed by atoms with Gasteiger partial charge in [-0.05, 0) is 61.1 Å². The lowest BCUT2D eigenvalue weighted by molar-refractivity contribution is -0.145. The maximum atomic E-state index is 13.2. The number of nitrogens with one attached hydrogen (secondary N) is 1. The number of hydrogen-bond acceptors (Lipinski definition) is 7. The monoisotopic (exact) mass is 536 g/mol. The second kappa shape index (κ2) is 10.6. The number of aliphatic carboxylic acids is 1. The number of nitrogens with zero attached hydrogens (tertiary/aromatic N) is 4. The van der Waals surface area contributed by atoms with E-state index in [4.69, 9.17) is 9.47 Å². The van der Waals surface area contributed by atoms with Crippen molar-refractivity contribution >= 4 is 39.8 Å². The van der Waals surface area contributed by atoms with E-state index >= 15 is 0 Å². The molecule has 3 aliphatic rings. The standard InChI is InChI=1S/C26H32BN5O5P/c33-24(34)19-8-7-18-13-16-12-17(21(18)37-19)4-2-1-3-11-36-25-29-22-20(28-26(35)31(22)14-16)23(30-25)32(38)27-10-9-15-5-6-15/h12-13,15,19H,1-11,14,38H2,(H,28,35)(H,33,34). The van der Waals surface area contributed by atoms with Crippen molar-refractivity contribution in [1.82, 2.24) is 19.5 Å². The van der Waals surface area contributed by atoms with E-state index in [0.29, 0.717) is 48.7 Å². The van der Waals surface area contributed by atoms with Crippen molar-refractivity contribution in [3.05, 3.63) is 39.3 Å². The topological polar surface area (TPSA) is 123 Å². The lowest BCUT2D eigenvalue weighted by Crippen LogP contribution is -2.31. The molecule has 6 rings (SSSR count). The van der Waals surface area contributed by atoms with Crippen molar-refractivity contribution in [2.75, 3.05) is 11.2 Å². The summed E-state index contributed by atoms with van der Waals surface area (Å²) in [5, 5.41) is 9.50. The fourth-order valence-corrected chi connectivity index (χ4v) is 5.71. The van der Waals surface area contributed by atoms with Gasteiger partial charge in [-0.1, -0.05) is 47.1 Å². The second-order valence-electron chi connectivity index (χ2n) is 10.5. The number of anilines is 1. The van der Waals surface area contributed by atoms with Gasteiger partial charge in [-0.3, -0.25) is 4.57 Å². The predicted molar refractivity (Wildman–Crippen MR) is 147 cm³/mol. The SMILES string of the molecule is O=C(O)C1CCc2cc3cc(c2O1)CCCCCOc1nc(N(P)[B]CCC2CC2)c2[nH]c(=O)n(c2n1)C3. The summed E-state index contributed by atoms with van der Waals surface area (Å²) in [7, 11) is 4.78. The zero-order valence-electron chi connectivity index (χ0n) is 21.3. The fraction of sp³-hybridized carbons (Fsp3) is 0.538. The molecule has 12 heteroatoms. The van der Waals surface area contributed by atoms with Crippen LogP contribution in [0.1, 0.15) is 61.6 Å². The van der Waals surface area contributed by atoms with Crippen LogP contribution in [-0.2, 0) is 24.2 Å². The van der Waals surface area contributed by atoms with Gasteiger partial charge in [-0.25, -0.2) is 9.59 Å². The Kier molecular flexibility index (Phi) is 7.04. The molecule has 199 valence electrons. The maximum absolute atomic E-state index is 13.2. The van der Waals surface area contributed by atoms with Crippen LogP contribution in [0, 0.1) is 5.92 Å². The summed E-state index contributed by atoms with van der Waals surface area (Å²) >= 11 is 0. The quantitative estimate of drug-likeness (QED) is 0.363. The number of carbonyl (C=O) groups is 1. The number of fused-ring (bicyclic) bond motifs is 5. The minimum absolute atomic E-state index is 0.264. The van der Waals surface area contributed by atoms with E-state index in [1.54, 1.807) is 4.57 Å². The highest BCUT2D eigenvalue weighted by atomic mass is 31.0. The molecule has 0 spiro atoms. The van der Waals surface area contributed by atoms with Gasteiger partial charge in [0.2, 0.25) is 0 Å². The van der Waals surface area contributed by atoms with Crippen LogP contribution >= 0.6 is 9.39 Å². The van der Waals surface area contributed by atoms with Crippen molar-refractivity contribution in [2.45, 2.75) is 76.8 Å². The third kappa shape index (κ3) is 5.26. The van der Waals surface area contributed by atoms with Crippen LogP contribution in [0.25, 0.3) is 11.2 Å². The molecule has 2 unspecified atom stereocenters. The van der Waals surface area contributed by atoms with E-state index in [0.717, 1.165) is 61.0 Å². The van der Waals surface area contributed by atoms with Crippen molar-refractivity contribution in [1.29, 1.82) is 0 Å². The van der Waals surface area contributed by atoms with Crippen LogP contribution in [0.3, 0.4) is 0 Å². The molecule has 1 fully saturated rings. The molecule has 10 nitrogen and oxygen atoms in total. The molecule has 2 aromatic heterocycles. The number of carboxylic acid groups (broad SMARTS) is 1. The molecule has 3 aromatic rings. The first-order valence-electron chi connectivity index (χ1n) is 13.5. The molecule has 4 bridgehead atoms. The van der Waals surface area contributed by atoms with Gasteiger partial charge in [0.05, 0.1) is 13.2 Å². The fourth-order valence-electron chi connectivity index (χ4n) is 5.38. The Labute approximate surface area is 223 Å². The average Bonchev–Trinajstić information content (AvgIpc) is 3.67. The van der Waals surface area contributed by atoms with Crippen LogP contribution in [0.2, 0.25) is 6.32 Å². The highest BCUT2D eigenvalue weighted by molar-refractivity contribution is 7.23. The number of aromatic amines is 1. The molecular formula is C26H32BN5O5P. The van der Waals surface area contributed by atoms with Gasteiger partial charge >= 0.3 is 17.7 Å². The maximum Gasteiger partial charge on any atom is 0.344 e. The highest BCUT2D eigenvalue weighted by Crippen LogP contribution is 2.36. The van der Waals surface area contributed by atoms with Gasteiger partial charge < -0.3 is 24.1 Å². The molecule has 38 heavy (non-hydrogen) atoms. The van der Waals surface area contributed by atoms with E-state index in [-0.39, 0.29) is 11.7 Å². The summed E-state index contributed by atoms with van der Waals surface area (Å²) in [6.45, 7) is 0.789. The zero-order valence-corrected chi connectivity index (χ0v) is 22.5. The van der Waals surface area contributed by atoms with Crippen molar-refractivity contribution in [3.8, 4) is 11.8 Å². The molecule has 1 aromatic carbocycles. The molecular weight excluding hydrogens is 504 g/mol. The van der Waals surface area contributed by atoms with Crippen molar-refractivity contribution in [3.63, 3.8) is 0 Å². The van der Waals surface area contributed by atoms with E-state index in [9.17, 15) is 14.7 Å². The molecule has 4 heterocycles. The lowest BCUT2D eigenvalue weighted by atomic mass is 9.85. The number of carboxylic acids is 1. The summed E-state index contributed by atoms with van der Waals surface area (Å²) in [5.74, 6) is 1.17. The molecule has 2 N–H and O–H groups in total. The summed E-state index contributed by atoms with van der Waals surface area (Å²) in [5.41, 5.74) is 3.74. The largest absolute Gasteiger partial charge is 0.479 e. The van der Waals surface area contributed by atoms with E-state index in [1.165, 1.54) is 12.8 Å². The number of imidazole rings is 1. The number of hydrogen-bond donors (Lipinski definition) is 2. The van der Waals surface area contributed by atoms with E-state index in [2.05, 4.69) is 31.8 Å². The van der Waals surface area contributed by atoms with Gasteiger partial charge in [0.1, 0.15) is 11.3 Å². The van der Waals surface area contributed by atoms with Gasteiger partial charge in [0, 0.05) is 0 Å². The molecule has 1 radical (unpaired) electrons. The summed E-state index contributed by atoms with van der Waals surface area (Å²) in [6.07, 6.45) is 8.38. The first-order valence-corrected chi connectivity index (χ1v) is 14.0. The van der Waals surface area contributed by atoms with Crippen LogP contribution in [0.5, 0.6) is 11.8 Å². The predicted octanol–water partition coefficient (Wildman–Crippen LogP) is 3.49. The summed E-state index contributed by atoms with van der Waals surface area (Å²) in [6, 6.07) is 4.34. The second-order valence-corrected chi connectivity index (χ2v) is 11.1. The molecule has 0 saturated heterocycles. The molecule has 0 amide bonds. The number of rotatable bonds is 6. The van der Waals surface area contributed by atoms with Crippen molar-refractivity contribution < 1.29 is 19.4 Å². The van der Waals surface area contributed by atoms with E-state index in [1.807, 2.05) is 16.7 Å². The first kappa shape index (κ1) is 25.2. The normalized spacial score (nSPS) is 19.2. The summed E-state index contributed by atoms with van der Waals surface area (Å²) in [4.78, 5) is 37.1. The van der Waals surface area contributed by atoms with Crippen LogP contribution in [0.15, 0.2) is 16.9 Å². The Bertz CT molecular complexity index is 1420. The van der Waals surface area contributed by atoms with Crippen LogP contribution in [-0.4, -0.2) is 50.7 Å². The molecule has 2 aliphatic heterocycles. The third-order valence-electron chi connectivity index (χ3n) is 7.60. The number of aryl methyl sites for hydroxylation is 2. The summed E-state index contributed by atoms with van der Waals surface area (Å²) < 4.78 is 15.4. The van der Waals surface area contributed by atoms with Gasteiger partial charge in [-0.2, -0.15) is 9.97 Å². The Balaban J connectivity index is 1.38. The lowest BCUT2D eigenvalue weighted by Gasteiger charge is -2.26. The Morgan fingerprint density at radius 2 is 2.00 bits per heavy atom. The van der Waals surface area contributed by atoms with Gasteiger partial charge in [0.25, 0.3) is 7.41 Å². The Morgan fingerprint density at radius 1 is 1.18 bits per heavy atom. The number of H-pyrrole nitrogens is 1. The van der Waals surface area contributed by atoms with Crippen molar-refractivity contribution in [2.24, 2.45) is 5.92 Å². The molecule has 1 aliphatic carbocycles. The average molecular weight is 536 g/mol. The zero-order chi connectivity index (χ0) is 26.2. The third-order valence-corrected chi connectivity index (χ3v) is 8.06. The number of benzene rings is 1. The minimum atomic E-state index is -0.936. The highest BCUT2D eigenvalue weighted by Gasteiger charge is 2.28. The number of aromatic nitrogens is 4. The van der Waals surface area contributed by atoms with Gasteiger partial charge in [-0.15, -0.1) is 0 Å². The van der Waals surface area contributed by atoms with Crippen LogP contribution in [0.4, 0.5) is 5.82 Å². The smallest absolute Gasteiger partial charge is 0.344 e. The van der Waals surface area contributed by atoms with Gasteiger partial charge in [0.15, 0.2) is 17.6 Å². The Morgan fingerprint density at radius 3 is 2.79 bits per heavy atom.